The fourth-order valence-corrected chi connectivity index (χ4v) is 4.70. The number of hydrogen-bond acceptors (Lipinski definition) is 2. The third-order valence-corrected chi connectivity index (χ3v) is 5.51. The number of hydrogen-bond donors (Lipinski definition) is 1. The average molecular weight is 231 g/mol. The first-order valence-electron chi connectivity index (χ1n) is 6.07. The number of unbranched alkanes of at least 4 members (excludes halogenated alkanes) is 1. The maximum atomic E-state index is 12.1. The highest BCUT2D eigenvalue weighted by Crippen LogP contribution is 2.39. The molecule has 1 rings (SSSR count). The standard InChI is InChI=1S/C12H25NOS/c1-5-6-9-15(14)10-7-8-12(2,3)11(10)13-4/h10-11,13H,5-9H2,1-4H3. The van der Waals surface area contributed by atoms with E-state index in [1.54, 1.807) is 0 Å². The molecule has 0 heterocycles. The van der Waals surface area contributed by atoms with E-state index < -0.39 is 10.8 Å². The minimum Gasteiger partial charge on any atom is -0.315 e. The van der Waals surface area contributed by atoms with Gasteiger partial charge in [0.25, 0.3) is 0 Å². The Morgan fingerprint density at radius 1 is 1.47 bits per heavy atom. The molecule has 0 bridgehead atoms. The van der Waals surface area contributed by atoms with Crippen molar-refractivity contribution in [3.05, 3.63) is 0 Å². The van der Waals surface area contributed by atoms with E-state index >= 15 is 0 Å². The summed E-state index contributed by atoms with van der Waals surface area (Å²) in [6.07, 6.45) is 4.56. The molecular formula is C12H25NOS. The summed E-state index contributed by atoms with van der Waals surface area (Å²) in [5.74, 6) is 0.884. The first-order valence-corrected chi connectivity index (χ1v) is 7.45. The van der Waals surface area contributed by atoms with Crippen molar-refractivity contribution in [2.24, 2.45) is 5.41 Å². The molecule has 0 saturated heterocycles. The lowest BCUT2D eigenvalue weighted by molar-refractivity contribution is 0.299. The molecular weight excluding hydrogens is 206 g/mol. The quantitative estimate of drug-likeness (QED) is 0.787. The number of rotatable bonds is 5. The van der Waals surface area contributed by atoms with E-state index in [1.165, 1.54) is 6.42 Å². The van der Waals surface area contributed by atoms with Crippen LogP contribution >= 0.6 is 0 Å². The number of nitrogens with one attached hydrogen (secondary N) is 1. The molecule has 3 unspecified atom stereocenters. The van der Waals surface area contributed by atoms with E-state index in [1.807, 2.05) is 7.05 Å². The van der Waals surface area contributed by atoms with Crippen LogP contribution in [-0.4, -0.2) is 28.3 Å². The van der Waals surface area contributed by atoms with Crippen LogP contribution in [0, 0.1) is 5.41 Å². The van der Waals surface area contributed by atoms with Gasteiger partial charge in [0.05, 0.1) is 5.25 Å². The molecule has 1 aliphatic carbocycles. The molecule has 0 amide bonds. The fourth-order valence-electron chi connectivity index (χ4n) is 2.64. The van der Waals surface area contributed by atoms with Gasteiger partial charge in [0.1, 0.15) is 0 Å². The molecule has 0 aromatic carbocycles. The molecule has 0 aliphatic heterocycles. The maximum Gasteiger partial charge on any atom is 0.0506 e. The van der Waals surface area contributed by atoms with Crippen LogP contribution in [0.5, 0.6) is 0 Å². The van der Waals surface area contributed by atoms with Crippen molar-refractivity contribution in [1.29, 1.82) is 0 Å². The smallest absolute Gasteiger partial charge is 0.0506 e. The Hall–Kier alpha value is 0.110. The Bertz CT molecular complexity index is 228. The zero-order chi connectivity index (χ0) is 11.5. The molecule has 1 fully saturated rings. The molecule has 1 aliphatic rings. The van der Waals surface area contributed by atoms with Gasteiger partial charge >= 0.3 is 0 Å². The monoisotopic (exact) mass is 231 g/mol. The largest absolute Gasteiger partial charge is 0.315 e. The van der Waals surface area contributed by atoms with Gasteiger partial charge in [0.2, 0.25) is 0 Å². The van der Waals surface area contributed by atoms with Crippen LogP contribution in [-0.2, 0) is 10.8 Å². The Balaban J connectivity index is 2.59. The molecule has 0 aromatic heterocycles. The minimum atomic E-state index is -0.634. The van der Waals surface area contributed by atoms with Crippen molar-refractivity contribution < 1.29 is 4.21 Å². The second-order valence-corrected chi connectivity index (χ2v) is 7.05. The van der Waals surface area contributed by atoms with Gasteiger partial charge < -0.3 is 5.32 Å². The summed E-state index contributed by atoms with van der Waals surface area (Å²) in [7, 11) is 1.37. The molecule has 0 spiro atoms. The lowest BCUT2D eigenvalue weighted by atomic mass is 9.87. The Labute approximate surface area is 96.7 Å². The van der Waals surface area contributed by atoms with Crippen molar-refractivity contribution in [2.45, 2.75) is 57.7 Å². The molecule has 15 heavy (non-hydrogen) atoms. The summed E-state index contributed by atoms with van der Waals surface area (Å²) >= 11 is 0. The summed E-state index contributed by atoms with van der Waals surface area (Å²) in [6, 6.07) is 0.426. The lowest BCUT2D eigenvalue weighted by Crippen LogP contribution is -2.44. The van der Waals surface area contributed by atoms with Crippen LogP contribution in [0.15, 0.2) is 0 Å². The van der Waals surface area contributed by atoms with Gasteiger partial charge in [-0.05, 0) is 31.7 Å². The summed E-state index contributed by atoms with van der Waals surface area (Å²) in [5.41, 5.74) is 0.307. The van der Waals surface area contributed by atoms with Gasteiger partial charge in [0.15, 0.2) is 0 Å². The van der Waals surface area contributed by atoms with Gasteiger partial charge in [-0.25, -0.2) is 0 Å². The highest BCUT2D eigenvalue weighted by Gasteiger charge is 2.43. The Morgan fingerprint density at radius 3 is 2.67 bits per heavy atom. The van der Waals surface area contributed by atoms with Crippen LogP contribution in [0.4, 0.5) is 0 Å². The normalized spacial score (nSPS) is 31.7. The summed E-state index contributed by atoms with van der Waals surface area (Å²) in [4.78, 5) is 0. The SMILES string of the molecule is CCCCS(=O)C1CCC(C)(C)C1NC. The molecule has 0 radical (unpaired) electrons. The van der Waals surface area contributed by atoms with Gasteiger partial charge in [0, 0.05) is 22.6 Å². The van der Waals surface area contributed by atoms with E-state index in [4.69, 9.17) is 0 Å². The Kier molecular flexibility index (Phi) is 4.78. The van der Waals surface area contributed by atoms with Crippen LogP contribution in [0.2, 0.25) is 0 Å². The first-order chi connectivity index (χ1) is 7.03. The van der Waals surface area contributed by atoms with Crippen molar-refractivity contribution in [3.8, 4) is 0 Å². The predicted molar refractivity (Wildman–Crippen MR) is 67.6 cm³/mol. The summed E-state index contributed by atoms with van der Waals surface area (Å²) in [6.45, 7) is 6.72. The second kappa shape index (κ2) is 5.44. The van der Waals surface area contributed by atoms with Crippen LogP contribution in [0.1, 0.15) is 46.5 Å². The molecule has 3 atom stereocenters. The lowest BCUT2D eigenvalue weighted by Gasteiger charge is -2.30. The van der Waals surface area contributed by atoms with E-state index in [2.05, 4.69) is 26.1 Å². The van der Waals surface area contributed by atoms with E-state index in [-0.39, 0.29) is 0 Å². The van der Waals surface area contributed by atoms with Crippen molar-refractivity contribution in [2.75, 3.05) is 12.8 Å². The van der Waals surface area contributed by atoms with Gasteiger partial charge in [-0.1, -0.05) is 27.2 Å². The second-order valence-electron chi connectivity index (χ2n) is 5.27. The molecule has 1 saturated carbocycles. The van der Waals surface area contributed by atoms with Crippen LogP contribution in [0.25, 0.3) is 0 Å². The van der Waals surface area contributed by atoms with E-state index in [0.29, 0.717) is 16.7 Å². The van der Waals surface area contributed by atoms with Gasteiger partial charge in [-0.15, -0.1) is 0 Å². The average Bonchev–Trinajstić information content (AvgIpc) is 2.49. The fraction of sp³-hybridized carbons (Fsp3) is 1.00. The predicted octanol–water partition coefficient (Wildman–Crippen LogP) is 2.31. The van der Waals surface area contributed by atoms with Crippen LogP contribution in [0.3, 0.4) is 0 Å². The molecule has 90 valence electrons. The van der Waals surface area contributed by atoms with Crippen molar-refractivity contribution in [3.63, 3.8) is 0 Å². The van der Waals surface area contributed by atoms with Gasteiger partial charge in [-0.3, -0.25) is 4.21 Å². The van der Waals surface area contributed by atoms with Crippen molar-refractivity contribution in [1.82, 2.24) is 5.32 Å². The molecule has 1 N–H and O–H groups in total. The Morgan fingerprint density at radius 2 is 2.13 bits per heavy atom. The highest BCUT2D eigenvalue weighted by molar-refractivity contribution is 7.85. The third-order valence-electron chi connectivity index (χ3n) is 3.63. The molecule has 3 heteroatoms. The zero-order valence-electron chi connectivity index (χ0n) is 10.5. The highest BCUT2D eigenvalue weighted by atomic mass is 32.2. The first kappa shape index (κ1) is 13.2. The van der Waals surface area contributed by atoms with Crippen LogP contribution < -0.4 is 5.32 Å². The van der Waals surface area contributed by atoms with E-state index in [9.17, 15) is 4.21 Å². The van der Waals surface area contributed by atoms with Gasteiger partial charge in [-0.2, -0.15) is 0 Å². The summed E-state index contributed by atoms with van der Waals surface area (Å²) < 4.78 is 12.1. The third kappa shape index (κ3) is 3.04. The maximum absolute atomic E-state index is 12.1. The van der Waals surface area contributed by atoms with E-state index in [0.717, 1.165) is 25.0 Å². The molecule has 0 aromatic rings. The minimum absolute atomic E-state index is 0.307. The zero-order valence-corrected chi connectivity index (χ0v) is 11.3. The summed E-state index contributed by atoms with van der Waals surface area (Å²) in [5, 5.41) is 3.74. The topological polar surface area (TPSA) is 29.1 Å². The van der Waals surface area contributed by atoms with Crippen molar-refractivity contribution >= 4 is 10.8 Å². The molecule has 2 nitrogen and oxygen atoms in total.